The van der Waals surface area contributed by atoms with Gasteiger partial charge in [-0.05, 0) is 18.4 Å². The second kappa shape index (κ2) is 17.9. The van der Waals surface area contributed by atoms with Crippen LogP contribution in [0.25, 0.3) is 0 Å². The molecule has 1 aromatic carbocycles. The lowest BCUT2D eigenvalue weighted by Crippen LogP contribution is -2.07. The van der Waals surface area contributed by atoms with Crippen molar-refractivity contribution in [1.29, 1.82) is 0 Å². The predicted molar refractivity (Wildman–Crippen MR) is 105 cm³/mol. The molecular weight excluding hydrogens is 312 g/mol. The molecule has 3 heteroatoms. The van der Waals surface area contributed by atoms with E-state index < -0.39 is 0 Å². The third-order valence-corrected chi connectivity index (χ3v) is 4.20. The van der Waals surface area contributed by atoms with Crippen molar-refractivity contribution >= 4 is 0 Å². The van der Waals surface area contributed by atoms with Crippen LogP contribution in [0.2, 0.25) is 0 Å². The summed E-state index contributed by atoms with van der Waals surface area (Å²) in [6, 6.07) is 10.2. The first-order valence-electron chi connectivity index (χ1n) is 10.2. The van der Waals surface area contributed by atoms with Crippen molar-refractivity contribution in [3.05, 3.63) is 35.9 Å². The average molecular weight is 351 g/mol. The largest absolute Gasteiger partial charge is 0.381 e. The van der Waals surface area contributed by atoms with E-state index >= 15 is 0 Å². The van der Waals surface area contributed by atoms with Crippen LogP contribution in [0.15, 0.2) is 30.3 Å². The monoisotopic (exact) mass is 350 g/mol. The van der Waals surface area contributed by atoms with Crippen molar-refractivity contribution in [3.8, 4) is 0 Å². The van der Waals surface area contributed by atoms with E-state index in [1.54, 1.807) is 0 Å². The molecule has 0 saturated carbocycles. The Hall–Kier alpha value is -0.900. The van der Waals surface area contributed by atoms with Crippen LogP contribution >= 0.6 is 0 Å². The van der Waals surface area contributed by atoms with Gasteiger partial charge in [0.05, 0.1) is 19.8 Å². The van der Waals surface area contributed by atoms with Crippen molar-refractivity contribution in [2.45, 2.75) is 71.3 Å². The van der Waals surface area contributed by atoms with Gasteiger partial charge in [-0.25, -0.2) is 0 Å². The molecule has 0 aliphatic heterocycles. The SMILES string of the molecule is CCCCCCCCCCOCCCOCCOCc1ccccc1. The van der Waals surface area contributed by atoms with Gasteiger partial charge >= 0.3 is 0 Å². The summed E-state index contributed by atoms with van der Waals surface area (Å²) in [4.78, 5) is 0. The minimum atomic E-state index is 0.647. The molecule has 0 amide bonds. The first-order valence-corrected chi connectivity index (χ1v) is 10.2. The molecule has 0 aliphatic rings. The summed E-state index contributed by atoms with van der Waals surface area (Å²) in [5.74, 6) is 0. The smallest absolute Gasteiger partial charge is 0.0718 e. The quantitative estimate of drug-likeness (QED) is 0.315. The van der Waals surface area contributed by atoms with E-state index in [4.69, 9.17) is 14.2 Å². The summed E-state index contributed by atoms with van der Waals surface area (Å²) < 4.78 is 16.8. The van der Waals surface area contributed by atoms with E-state index in [9.17, 15) is 0 Å². The molecule has 0 aromatic heterocycles. The Morgan fingerprint density at radius 1 is 0.560 bits per heavy atom. The number of hydrogen-bond acceptors (Lipinski definition) is 3. The molecule has 0 spiro atoms. The van der Waals surface area contributed by atoms with Gasteiger partial charge in [0.25, 0.3) is 0 Å². The number of benzene rings is 1. The van der Waals surface area contributed by atoms with Gasteiger partial charge in [-0.15, -0.1) is 0 Å². The fraction of sp³-hybridized carbons (Fsp3) is 0.727. The fourth-order valence-electron chi connectivity index (χ4n) is 2.69. The molecule has 0 aliphatic carbocycles. The number of unbranched alkanes of at least 4 members (excludes halogenated alkanes) is 7. The Bertz CT molecular complexity index is 367. The molecule has 1 rings (SSSR count). The molecule has 0 N–H and O–H groups in total. The van der Waals surface area contributed by atoms with Crippen molar-refractivity contribution in [1.82, 2.24) is 0 Å². The lowest BCUT2D eigenvalue weighted by Gasteiger charge is -2.07. The Kier molecular flexibility index (Phi) is 15.9. The van der Waals surface area contributed by atoms with Crippen molar-refractivity contribution in [2.24, 2.45) is 0 Å². The highest BCUT2D eigenvalue weighted by Crippen LogP contribution is 2.08. The van der Waals surface area contributed by atoms with Gasteiger partial charge < -0.3 is 14.2 Å². The predicted octanol–water partition coefficient (Wildman–Crippen LogP) is 5.77. The first kappa shape index (κ1) is 22.1. The van der Waals surface area contributed by atoms with E-state index in [0.717, 1.165) is 26.2 Å². The zero-order valence-corrected chi connectivity index (χ0v) is 16.2. The second-order valence-corrected chi connectivity index (χ2v) is 6.59. The van der Waals surface area contributed by atoms with Crippen LogP contribution in [0.5, 0.6) is 0 Å². The summed E-state index contributed by atoms with van der Waals surface area (Å²) in [6.07, 6.45) is 11.8. The highest BCUT2D eigenvalue weighted by atomic mass is 16.5. The van der Waals surface area contributed by atoms with Crippen molar-refractivity contribution in [3.63, 3.8) is 0 Å². The van der Waals surface area contributed by atoms with E-state index in [2.05, 4.69) is 19.1 Å². The maximum atomic E-state index is 5.65. The summed E-state index contributed by atoms with van der Waals surface area (Å²) in [7, 11) is 0. The van der Waals surface area contributed by atoms with Crippen molar-refractivity contribution in [2.75, 3.05) is 33.0 Å². The maximum absolute atomic E-state index is 5.65. The van der Waals surface area contributed by atoms with E-state index in [-0.39, 0.29) is 0 Å². The summed E-state index contributed by atoms with van der Waals surface area (Å²) >= 11 is 0. The fourth-order valence-corrected chi connectivity index (χ4v) is 2.69. The number of ether oxygens (including phenoxy) is 3. The van der Waals surface area contributed by atoms with Crippen LogP contribution in [0.4, 0.5) is 0 Å². The van der Waals surface area contributed by atoms with Gasteiger partial charge in [-0.1, -0.05) is 82.2 Å². The Labute approximate surface area is 155 Å². The van der Waals surface area contributed by atoms with Crippen molar-refractivity contribution < 1.29 is 14.2 Å². The Morgan fingerprint density at radius 3 is 1.84 bits per heavy atom. The van der Waals surface area contributed by atoms with Gasteiger partial charge in [0.15, 0.2) is 0 Å². The molecule has 0 unspecified atom stereocenters. The average Bonchev–Trinajstić information content (AvgIpc) is 2.65. The van der Waals surface area contributed by atoms with Gasteiger partial charge in [-0.3, -0.25) is 0 Å². The van der Waals surface area contributed by atoms with Gasteiger partial charge in [0.2, 0.25) is 0 Å². The first-order chi connectivity index (χ1) is 12.4. The Balaban J connectivity index is 1.69. The summed E-state index contributed by atoms with van der Waals surface area (Å²) in [6.45, 7) is 6.69. The highest BCUT2D eigenvalue weighted by molar-refractivity contribution is 5.13. The van der Waals surface area contributed by atoms with E-state index in [0.29, 0.717) is 19.8 Å². The molecule has 0 saturated heterocycles. The van der Waals surface area contributed by atoms with E-state index in [1.165, 1.54) is 56.9 Å². The van der Waals surface area contributed by atoms with Crippen LogP contribution in [-0.4, -0.2) is 33.0 Å². The van der Waals surface area contributed by atoms with Gasteiger partial charge in [0.1, 0.15) is 0 Å². The molecule has 0 atom stereocenters. The van der Waals surface area contributed by atoms with Crippen LogP contribution in [-0.2, 0) is 20.8 Å². The van der Waals surface area contributed by atoms with Crippen LogP contribution < -0.4 is 0 Å². The van der Waals surface area contributed by atoms with Crippen LogP contribution in [0, 0.1) is 0 Å². The molecule has 0 fully saturated rings. The van der Waals surface area contributed by atoms with Gasteiger partial charge in [0, 0.05) is 19.8 Å². The topological polar surface area (TPSA) is 27.7 Å². The summed E-state index contributed by atoms with van der Waals surface area (Å²) in [5.41, 5.74) is 1.21. The third kappa shape index (κ3) is 15.1. The standard InChI is InChI=1S/C22H38O3/c1-2-3-4-5-6-7-8-12-16-23-17-13-18-24-19-20-25-21-22-14-10-9-11-15-22/h9-11,14-15H,2-8,12-13,16-21H2,1H3. The molecule has 1 aromatic rings. The molecule has 0 heterocycles. The zero-order chi connectivity index (χ0) is 17.8. The second-order valence-electron chi connectivity index (χ2n) is 6.59. The van der Waals surface area contributed by atoms with E-state index in [1.807, 2.05) is 18.2 Å². The third-order valence-electron chi connectivity index (χ3n) is 4.20. The highest BCUT2D eigenvalue weighted by Gasteiger charge is 1.95. The molecule has 3 nitrogen and oxygen atoms in total. The molecule has 144 valence electrons. The molecule has 0 bridgehead atoms. The number of rotatable bonds is 18. The molecule has 25 heavy (non-hydrogen) atoms. The Morgan fingerprint density at radius 2 is 1.12 bits per heavy atom. The normalized spacial score (nSPS) is 11.1. The molecular formula is C22H38O3. The minimum Gasteiger partial charge on any atom is -0.381 e. The van der Waals surface area contributed by atoms with Crippen LogP contribution in [0.1, 0.15) is 70.3 Å². The number of hydrogen-bond donors (Lipinski definition) is 0. The lowest BCUT2D eigenvalue weighted by molar-refractivity contribution is 0.0298. The lowest BCUT2D eigenvalue weighted by atomic mass is 10.1. The van der Waals surface area contributed by atoms with Crippen LogP contribution in [0.3, 0.4) is 0 Å². The zero-order valence-electron chi connectivity index (χ0n) is 16.2. The summed E-state index contributed by atoms with van der Waals surface area (Å²) in [5, 5.41) is 0. The van der Waals surface area contributed by atoms with Gasteiger partial charge in [-0.2, -0.15) is 0 Å². The maximum Gasteiger partial charge on any atom is 0.0718 e. The minimum absolute atomic E-state index is 0.647. The molecule has 0 radical (unpaired) electrons.